The Labute approximate surface area is 289 Å². The SMILES string of the molecule is C[C@@H]1CC2C[C@H](C)CC(c3ccc(-c4ccc(-c5cc(C#N)cc(-c6nc(-c7ccccc7)nc(-c7ccccc7)n6)c5)cc4)cc3)(C2)C1. The summed E-state index contributed by atoms with van der Waals surface area (Å²) in [4.78, 5) is 14.6. The summed E-state index contributed by atoms with van der Waals surface area (Å²) in [5.74, 6) is 4.22. The van der Waals surface area contributed by atoms with E-state index in [0.717, 1.165) is 45.6 Å². The average molecular weight is 637 g/mol. The smallest absolute Gasteiger partial charge is 0.164 e. The second-order valence-electron chi connectivity index (χ2n) is 14.5. The van der Waals surface area contributed by atoms with Gasteiger partial charge >= 0.3 is 0 Å². The van der Waals surface area contributed by atoms with Crippen LogP contribution >= 0.6 is 0 Å². The van der Waals surface area contributed by atoms with Gasteiger partial charge in [0.1, 0.15) is 0 Å². The zero-order valence-corrected chi connectivity index (χ0v) is 28.2. The van der Waals surface area contributed by atoms with Gasteiger partial charge in [0.15, 0.2) is 17.5 Å². The fourth-order valence-electron chi connectivity index (χ4n) is 8.85. The maximum Gasteiger partial charge on any atom is 0.164 e. The fraction of sp³-hybridized carbons (Fsp3) is 0.244. The highest BCUT2D eigenvalue weighted by Gasteiger charge is 2.45. The van der Waals surface area contributed by atoms with E-state index in [1.807, 2.05) is 72.8 Å². The summed E-state index contributed by atoms with van der Waals surface area (Å²) in [7, 11) is 0. The minimum Gasteiger partial charge on any atom is -0.208 e. The first-order valence-electron chi connectivity index (χ1n) is 17.6. The lowest BCUT2D eigenvalue weighted by Crippen LogP contribution is -2.42. The third kappa shape index (κ3) is 6.30. The monoisotopic (exact) mass is 636 g/mol. The highest BCUT2D eigenvalue weighted by Crippen LogP contribution is 2.54. The maximum absolute atomic E-state index is 10.0. The first-order chi connectivity index (χ1) is 23.9. The van der Waals surface area contributed by atoms with Crippen LogP contribution in [0.4, 0.5) is 0 Å². The van der Waals surface area contributed by atoms with Crippen molar-refractivity contribution < 1.29 is 0 Å². The van der Waals surface area contributed by atoms with Gasteiger partial charge in [-0.15, -0.1) is 0 Å². The Morgan fingerprint density at radius 3 is 1.47 bits per heavy atom. The van der Waals surface area contributed by atoms with Crippen molar-refractivity contribution in [2.24, 2.45) is 17.8 Å². The maximum atomic E-state index is 10.0. The predicted octanol–water partition coefficient (Wildman–Crippen LogP) is 11.2. The van der Waals surface area contributed by atoms with Crippen molar-refractivity contribution in [3.05, 3.63) is 139 Å². The van der Waals surface area contributed by atoms with Gasteiger partial charge in [0.2, 0.25) is 0 Å². The molecule has 4 nitrogen and oxygen atoms in total. The number of hydrogen-bond donors (Lipinski definition) is 0. The molecule has 6 aromatic rings. The normalized spacial score (nSPS) is 21.5. The Bertz CT molecular complexity index is 2050. The van der Waals surface area contributed by atoms with E-state index in [4.69, 9.17) is 15.0 Å². The summed E-state index contributed by atoms with van der Waals surface area (Å²) in [5, 5.41) is 10.0. The van der Waals surface area contributed by atoms with E-state index in [1.54, 1.807) is 0 Å². The zero-order chi connectivity index (χ0) is 33.4. The predicted molar refractivity (Wildman–Crippen MR) is 198 cm³/mol. The Balaban J connectivity index is 1.11. The highest BCUT2D eigenvalue weighted by molar-refractivity contribution is 5.76. The van der Waals surface area contributed by atoms with Crippen LogP contribution < -0.4 is 0 Å². The van der Waals surface area contributed by atoms with Crippen LogP contribution in [0.3, 0.4) is 0 Å². The van der Waals surface area contributed by atoms with Crippen molar-refractivity contribution in [2.75, 3.05) is 0 Å². The zero-order valence-electron chi connectivity index (χ0n) is 28.2. The van der Waals surface area contributed by atoms with Crippen LogP contribution in [-0.4, -0.2) is 15.0 Å². The minimum absolute atomic E-state index is 0.341. The number of rotatable bonds is 6. The molecule has 0 radical (unpaired) electrons. The third-order valence-electron chi connectivity index (χ3n) is 10.7. The average Bonchev–Trinajstić information content (AvgIpc) is 3.14. The van der Waals surface area contributed by atoms with Crippen LogP contribution in [0.5, 0.6) is 0 Å². The van der Waals surface area contributed by atoms with Crippen molar-refractivity contribution in [1.82, 2.24) is 15.0 Å². The lowest BCUT2D eigenvalue weighted by molar-refractivity contribution is 0.0780. The van der Waals surface area contributed by atoms with Crippen LogP contribution in [-0.2, 0) is 5.41 Å². The van der Waals surface area contributed by atoms with Crippen LogP contribution in [0.2, 0.25) is 0 Å². The third-order valence-corrected chi connectivity index (χ3v) is 10.7. The molecule has 0 saturated heterocycles. The molecule has 4 heteroatoms. The molecule has 2 unspecified atom stereocenters. The second-order valence-corrected chi connectivity index (χ2v) is 14.5. The molecule has 2 fully saturated rings. The molecular weight excluding hydrogens is 597 g/mol. The Kier molecular flexibility index (Phi) is 8.14. The van der Waals surface area contributed by atoms with Crippen LogP contribution in [0.15, 0.2) is 127 Å². The number of nitriles is 1. The molecule has 0 spiro atoms. The number of nitrogens with zero attached hydrogens (tertiary/aromatic N) is 4. The molecule has 0 N–H and O–H groups in total. The van der Waals surface area contributed by atoms with Gasteiger partial charge in [-0.2, -0.15) is 5.26 Å². The van der Waals surface area contributed by atoms with Gasteiger partial charge in [-0.1, -0.05) is 123 Å². The van der Waals surface area contributed by atoms with Crippen molar-refractivity contribution >= 4 is 0 Å². The van der Waals surface area contributed by atoms with Gasteiger partial charge in [0.25, 0.3) is 0 Å². The van der Waals surface area contributed by atoms with Crippen LogP contribution in [0.1, 0.15) is 57.1 Å². The van der Waals surface area contributed by atoms with Crippen molar-refractivity contribution in [2.45, 2.75) is 51.4 Å². The molecule has 4 atom stereocenters. The molecule has 2 aliphatic rings. The number of aromatic nitrogens is 3. The number of fused-ring (bicyclic) bond motifs is 2. The summed E-state index contributed by atoms with van der Waals surface area (Å²) in [6.45, 7) is 4.91. The minimum atomic E-state index is 0.341. The van der Waals surface area contributed by atoms with E-state index in [2.05, 4.69) is 74.5 Å². The first-order valence-corrected chi connectivity index (χ1v) is 17.6. The van der Waals surface area contributed by atoms with Crippen molar-refractivity contribution in [1.29, 1.82) is 5.26 Å². The van der Waals surface area contributed by atoms with E-state index in [0.29, 0.717) is 28.5 Å². The van der Waals surface area contributed by atoms with Crippen molar-refractivity contribution in [3.63, 3.8) is 0 Å². The number of benzene rings is 5. The standard InChI is InChI=1S/C45H40N4/c1-30-21-32-22-31(2)27-45(26-30,28-32)41-19-17-35(18-20-41)34-13-15-36(16-14-34)39-23-33(29-46)24-40(25-39)44-48-42(37-9-5-3-6-10-37)47-43(49-44)38-11-7-4-8-12-38/h3-20,23-25,30-32H,21-22,26-28H2,1-2H3/t30-,31+,32?,45?. The lowest BCUT2D eigenvalue weighted by Gasteiger charge is -2.50. The van der Waals surface area contributed by atoms with E-state index in [1.165, 1.54) is 48.8 Å². The molecule has 49 heavy (non-hydrogen) atoms. The van der Waals surface area contributed by atoms with Gasteiger partial charge < -0.3 is 0 Å². The molecule has 2 bridgehead atoms. The quantitative estimate of drug-likeness (QED) is 0.182. The first kappa shape index (κ1) is 30.9. The van der Waals surface area contributed by atoms with E-state index in [9.17, 15) is 5.26 Å². The molecule has 2 saturated carbocycles. The molecule has 1 aromatic heterocycles. The topological polar surface area (TPSA) is 62.5 Å². The molecule has 0 amide bonds. The molecule has 5 aromatic carbocycles. The fourth-order valence-corrected chi connectivity index (χ4v) is 8.85. The van der Waals surface area contributed by atoms with Gasteiger partial charge in [-0.05, 0) is 101 Å². The Morgan fingerprint density at radius 1 is 0.510 bits per heavy atom. The highest BCUT2D eigenvalue weighted by atomic mass is 15.0. The molecule has 0 aliphatic heterocycles. The summed E-state index contributed by atoms with van der Waals surface area (Å²) in [5.41, 5.74) is 9.44. The molecule has 240 valence electrons. The summed E-state index contributed by atoms with van der Waals surface area (Å²) in [6.07, 6.45) is 6.78. The van der Waals surface area contributed by atoms with Gasteiger partial charge in [0.05, 0.1) is 11.6 Å². The largest absolute Gasteiger partial charge is 0.208 e. The molecule has 8 rings (SSSR count). The van der Waals surface area contributed by atoms with E-state index >= 15 is 0 Å². The van der Waals surface area contributed by atoms with Crippen molar-refractivity contribution in [3.8, 4) is 62.5 Å². The number of hydrogen-bond acceptors (Lipinski definition) is 4. The van der Waals surface area contributed by atoms with Gasteiger partial charge in [-0.25, -0.2) is 15.0 Å². The van der Waals surface area contributed by atoms with Crippen LogP contribution in [0, 0.1) is 29.1 Å². The molecular formula is C45H40N4. The summed E-state index contributed by atoms with van der Waals surface area (Å²) >= 11 is 0. The molecule has 2 aliphatic carbocycles. The molecule has 1 heterocycles. The Morgan fingerprint density at radius 2 is 0.959 bits per heavy atom. The van der Waals surface area contributed by atoms with E-state index in [-0.39, 0.29) is 0 Å². The second kappa shape index (κ2) is 12.9. The summed E-state index contributed by atoms with van der Waals surface area (Å²) < 4.78 is 0. The van der Waals surface area contributed by atoms with E-state index < -0.39 is 0 Å². The van der Waals surface area contributed by atoms with Crippen LogP contribution in [0.25, 0.3) is 56.4 Å². The van der Waals surface area contributed by atoms with Gasteiger partial charge in [-0.3, -0.25) is 0 Å². The summed E-state index contributed by atoms with van der Waals surface area (Å²) in [6, 6.07) is 46.2. The Hall–Kier alpha value is -5.40. The van der Waals surface area contributed by atoms with Gasteiger partial charge in [0, 0.05) is 16.7 Å². The lowest BCUT2D eigenvalue weighted by atomic mass is 9.54.